The van der Waals surface area contributed by atoms with E-state index in [9.17, 15) is 9.59 Å². The van der Waals surface area contributed by atoms with Crippen LogP contribution in [0.3, 0.4) is 0 Å². The molecule has 0 saturated carbocycles. The molecule has 0 spiro atoms. The van der Waals surface area contributed by atoms with E-state index in [2.05, 4.69) is 10.4 Å². The van der Waals surface area contributed by atoms with Crippen LogP contribution in [-0.2, 0) is 9.59 Å². The van der Waals surface area contributed by atoms with Gasteiger partial charge in [-0.15, -0.1) is 0 Å². The Kier molecular flexibility index (Phi) is 3.87. The van der Waals surface area contributed by atoms with E-state index in [1.807, 2.05) is 13.8 Å². The van der Waals surface area contributed by atoms with Crippen molar-refractivity contribution in [1.29, 1.82) is 0 Å². The Morgan fingerprint density at radius 1 is 1.47 bits per heavy atom. The normalized spacial score (nSPS) is 18.9. The Balaban J connectivity index is 2.02. The standard InChI is InChI=1S/C13H20N4O2/c1-9(2)17-8-11(7-14-17)15-13(19)12-5-4-6-16(12)10(3)18/h7-9,12H,4-6H2,1-3H3,(H,15,19)/t12-/m0/s1. The number of carbonyl (C=O) groups is 2. The molecule has 1 atom stereocenters. The van der Waals surface area contributed by atoms with E-state index in [0.717, 1.165) is 12.8 Å². The maximum Gasteiger partial charge on any atom is 0.247 e. The van der Waals surface area contributed by atoms with Crippen LogP contribution in [0.1, 0.15) is 39.7 Å². The maximum absolute atomic E-state index is 12.2. The second kappa shape index (κ2) is 5.42. The Hall–Kier alpha value is -1.85. The predicted molar refractivity (Wildman–Crippen MR) is 71.7 cm³/mol. The first-order valence-corrected chi connectivity index (χ1v) is 6.61. The first-order valence-electron chi connectivity index (χ1n) is 6.61. The maximum atomic E-state index is 12.2. The van der Waals surface area contributed by atoms with Crippen molar-refractivity contribution in [1.82, 2.24) is 14.7 Å². The van der Waals surface area contributed by atoms with Crippen LogP contribution >= 0.6 is 0 Å². The quantitative estimate of drug-likeness (QED) is 0.897. The van der Waals surface area contributed by atoms with Crippen molar-refractivity contribution >= 4 is 17.5 Å². The summed E-state index contributed by atoms with van der Waals surface area (Å²) in [5.74, 6) is -0.175. The number of amides is 2. The summed E-state index contributed by atoms with van der Waals surface area (Å²) in [5, 5.41) is 7.00. The number of rotatable bonds is 3. The largest absolute Gasteiger partial charge is 0.331 e. The van der Waals surface area contributed by atoms with Gasteiger partial charge >= 0.3 is 0 Å². The van der Waals surface area contributed by atoms with Gasteiger partial charge in [0.15, 0.2) is 0 Å². The topological polar surface area (TPSA) is 67.2 Å². The average Bonchev–Trinajstić information content (AvgIpc) is 2.96. The summed E-state index contributed by atoms with van der Waals surface area (Å²) in [6, 6.07) is -0.0919. The fourth-order valence-electron chi connectivity index (χ4n) is 2.33. The van der Waals surface area contributed by atoms with Crippen LogP contribution in [0.5, 0.6) is 0 Å². The smallest absolute Gasteiger partial charge is 0.247 e. The number of nitrogens with zero attached hydrogens (tertiary/aromatic N) is 3. The Morgan fingerprint density at radius 2 is 2.21 bits per heavy atom. The molecule has 2 rings (SSSR count). The minimum absolute atomic E-state index is 0.0458. The van der Waals surface area contributed by atoms with Crippen molar-refractivity contribution in [3.63, 3.8) is 0 Å². The average molecular weight is 264 g/mol. The van der Waals surface area contributed by atoms with Gasteiger partial charge in [-0.25, -0.2) is 0 Å². The summed E-state index contributed by atoms with van der Waals surface area (Å²) in [4.78, 5) is 25.2. The predicted octanol–water partition coefficient (Wildman–Crippen LogP) is 1.41. The van der Waals surface area contributed by atoms with Gasteiger partial charge in [0, 0.05) is 25.7 Å². The van der Waals surface area contributed by atoms with Crippen molar-refractivity contribution in [2.75, 3.05) is 11.9 Å². The Morgan fingerprint density at radius 3 is 2.79 bits per heavy atom. The van der Waals surface area contributed by atoms with Crippen LogP contribution in [0.15, 0.2) is 12.4 Å². The van der Waals surface area contributed by atoms with Crippen molar-refractivity contribution in [2.24, 2.45) is 0 Å². The van der Waals surface area contributed by atoms with Gasteiger partial charge in [0.25, 0.3) is 0 Å². The third-order valence-corrected chi connectivity index (χ3v) is 3.36. The van der Waals surface area contributed by atoms with Crippen LogP contribution in [-0.4, -0.2) is 39.1 Å². The van der Waals surface area contributed by atoms with Crippen LogP contribution in [0.2, 0.25) is 0 Å². The van der Waals surface area contributed by atoms with Crippen molar-refractivity contribution in [3.8, 4) is 0 Å². The number of anilines is 1. The third-order valence-electron chi connectivity index (χ3n) is 3.36. The van der Waals surface area contributed by atoms with Gasteiger partial charge in [-0.1, -0.05) is 0 Å². The highest BCUT2D eigenvalue weighted by atomic mass is 16.2. The molecule has 1 aromatic rings. The molecule has 0 radical (unpaired) electrons. The molecule has 1 aliphatic rings. The monoisotopic (exact) mass is 264 g/mol. The molecule has 2 heterocycles. The molecule has 1 N–H and O–H groups in total. The van der Waals surface area contributed by atoms with Crippen LogP contribution in [0.25, 0.3) is 0 Å². The van der Waals surface area contributed by atoms with Crippen molar-refractivity contribution in [3.05, 3.63) is 12.4 Å². The number of nitrogens with one attached hydrogen (secondary N) is 1. The number of carbonyl (C=O) groups excluding carboxylic acids is 2. The summed E-state index contributed by atoms with van der Waals surface area (Å²) in [5.41, 5.74) is 0.675. The molecule has 19 heavy (non-hydrogen) atoms. The van der Waals surface area contributed by atoms with E-state index >= 15 is 0 Å². The van der Waals surface area contributed by atoms with Crippen LogP contribution in [0.4, 0.5) is 5.69 Å². The first-order chi connectivity index (χ1) is 8.99. The fourth-order valence-corrected chi connectivity index (χ4v) is 2.33. The van der Waals surface area contributed by atoms with Crippen LogP contribution < -0.4 is 5.32 Å². The van der Waals surface area contributed by atoms with Gasteiger partial charge in [0.05, 0.1) is 11.9 Å². The summed E-state index contributed by atoms with van der Waals surface area (Å²) >= 11 is 0. The minimum Gasteiger partial charge on any atom is -0.331 e. The second-order valence-corrected chi connectivity index (χ2v) is 5.16. The first kappa shape index (κ1) is 13.6. The molecule has 0 bridgehead atoms. The van der Waals surface area contributed by atoms with Gasteiger partial charge < -0.3 is 10.2 Å². The Bertz CT molecular complexity index is 481. The molecule has 1 fully saturated rings. The molecule has 6 nitrogen and oxygen atoms in total. The Labute approximate surface area is 112 Å². The van der Waals surface area contributed by atoms with Gasteiger partial charge in [0.2, 0.25) is 11.8 Å². The molecule has 0 unspecified atom stereocenters. The molecule has 0 aliphatic carbocycles. The molecule has 1 saturated heterocycles. The molecule has 1 aromatic heterocycles. The lowest BCUT2D eigenvalue weighted by atomic mass is 10.2. The van der Waals surface area contributed by atoms with E-state index in [1.165, 1.54) is 6.92 Å². The van der Waals surface area contributed by atoms with Gasteiger partial charge in [0.1, 0.15) is 6.04 Å². The third kappa shape index (κ3) is 2.94. The zero-order valence-electron chi connectivity index (χ0n) is 11.6. The molecular formula is C13H20N4O2. The second-order valence-electron chi connectivity index (χ2n) is 5.16. The van der Waals surface area contributed by atoms with E-state index in [1.54, 1.807) is 22.0 Å². The van der Waals surface area contributed by atoms with E-state index in [0.29, 0.717) is 12.2 Å². The zero-order chi connectivity index (χ0) is 14.0. The molecule has 104 valence electrons. The minimum atomic E-state index is -0.347. The zero-order valence-corrected chi connectivity index (χ0v) is 11.6. The number of aromatic nitrogens is 2. The van der Waals surface area contributed by atoms with E-state index < -0.39 is 0 Å². The fraction of sp³-hybridized carbons (Fsp3) is 0.615. The van der Waals surface area contributed by atoms with Gasteiger partial charge in [-0.2, -0.15) is 5.10 Å². The highest BCUT2D eigenvalue weighted by molar-refractivity contribution is 5.97. The van der Waals surface area contributed by atoms with Crippen molar-refractivity contribution in [2.45, 2.75) is 45.7 Å². The number of hydrogen-bond donors (Lipinski definition) is 1. The highest BCUT2D eigenvalue weighted by Gasteiger charge is 2.32. The lowest BCUT2D eigenvalue weighted by Crippen LogP contribution is -2.42. The number of likely N-dealkylation sites (tertiary alicyclic amines) is 1. The van der Waals surface area contributed by atoms with Crippen LogP contribution in [0, 0.1) is 0 Å². The highest BCUT2D eigenvalue weighted by Crippen LogP contribution is 2.19. The molecule has 0 aromatic carbocycles. The van der Waals surface area contributed by atoms with Crippen molar-refractivity contribution < 1.29 is 9.59 Å². The van der Waals surface area contributed by atoms with E-state index in [-0.39, 0.29) is 23.9 Å². The summed E-state index contributed by atoms with van der Waals surface area (Å²) in [6.07, 6.45) is 5.03. The molecule has 1 aliphatic heterocycles. The lowest BCUT2D eigenvalue weighted by molar-refractivity contribution is -0.134. The lowest BCUT2D eigenvalue weighted by Gasteiger charge is -2.21. The molecular weight excluding hydrogens is 244 g/mol. The number of hydrogen-bond acceptors (Lipinski definition) is 3. The molecule has 6 heteroatoms. The summed E-state index contributed by atoms with van der Waals surface area (Å²) in [7, 11) is 0. The summed E-state index contributed by atoms with van der Waals surface area (Å²) in [6.45, 7) is 6.21. The van der Waals surface area contributed by atoms with Gasteiger partial charge in [-0.3, -0.25) is 14.3 Å². The summed E-state index contributed by atoms with van der Waals surface area (Å²) < 4.78 is 1.78. The molecule has 2 amide bonds. The van der Waals surface area contributed by atoms with Gasteiger partial charge in [-0.05, 0) is 26.7 Å². The SMILES string of the molecule is CC(=O)N1CCC[C@H]1C(=O)Nc1cnn(C(C)C)c1. The van der Waals surface area contributed by atoms with E-state index in [4.69, 9.17) is 0 Å².